The molecule has 0 saturated carbocycles. The van der Waals surface area contributed by atoms with Gasteiger partial charge in [-0.3, -0.25) is 4.79 Å². The Labute approximate surface area is 349 Å². The summed E-state index contributed by atoms with van der Waals surface area (Å²) in [6.07, 6.45) is 66.3. The molecular formula is C52H95NO3. The largest absolute Gasteiger partial charge is 0.394 e. The van der Waals surface area contributed by atoms with Gasteiger partial charge in [0.1, 0.15) is 0 Å². The van der Waals surface area contributed by atoms with Crippen molar-refractivity contribution in [3.8, 4) is 0 Å². The highest BCUT2D eigenvalue weighted by Gasteiger charge is 2.17. The highest BCUT2D eigenvalue weighted by atomic mass is 16.3. The predicted octanol–water partition coefficient (Wildman–Crippen LogP) is 15.7. The normalized spacial score (nSPS) is 13.4. The van der Waals surface area contributed by atoms with Gasteiger partial charge in [0.2, 0.25) is 5.91 Å². The summed E-state index contributed by atoms with van der Waals surface area (Å²) in [5.41, 5.74) is 0. The molecule has 0 aromatic carbocycles. The molecule has 0 bridgehead atoms. The van der Waals surface area contributed by atoms with Crippen LogP contribution in [0.15, 0.2) is 60.8 Å². The Hall–Kier alpha value is -1.91. The van der Waals surface area contributed by atoms with E-state index in [1.54, 1.807) is 6.08 Å². The Bertz CT molecular complexity index is 934. The molecule has 0 fully saturated rings. The maximum absolute atomic E-state index is 12.4. The molecule has 0 radical (unpaired) electrons. The lowest BCUT2D eigenvalue weighted by Crippen LogP contribution is -2.45. The van der Waals surface area contributed by atoms with E-state index in [1.807, 2.05) is 6.08 Å². The molecule has 2 atom stereocenters. The standard InChI is InChI=1S/C52H95NO3/c1-3-5-7-9-11-13-15-17-19-21-23-25-26-28-29-31-33-35-37-39-41-43-45-47-51(55)50(49-54)53-52(56)48-46-44-42-40-38-36-34-32-30-27-24-22-20-18-16-14-12-10-8-6-4-2/h6,8,12,14,18,20,24,27,45,47,50-51,54-55H,3-5,7,9-11,13,15-17,19,21-23,25-26,28-44,46,48-49H2,1-2H3,(H,53,56)/b8-6-,14-12-,20-18-,27-24-,47-45+. The number of hydrogen-bond donors (Lipinski definition) is 3. The molecule has 0 spiro atoms. The van der Waals surface area contributed by atoms with Crippen LogP contribution >= 0.6 is 0 Å². The molecule has 0 aliphatic carbocycles. The summed E-state index contributed by atoms with van der Waals surface area (Å²) in [6, 6.07) is -0.629. The van der Waals surface area contributed by atoms with E-state index in [0.717, 1.165) is 51.4 Å². The van der Waals surface area contributed by atoms with E-state index in [-0.39, 0.29) is 12.5 Å². The van der Waals surface area contributed by atoms with E-state index in [9.17, 15) is 15.0 Å². The molecule has 2 unspecified atom stereocenters. The second kappa shape index (κ2) is 47.5. The van der Waals surface area contributed by atoms with Gasteiger partial charge in [-0.2, -0.15) is 0 Å². The molecule has 0 rings (SSSR count). The minimum atomic E-state index is -0.846. The molecule has 4 nitrogen and oxygen atoms in total. The van der Waals surface area contributed by atoms with Crippen molar-refractivity contribution in [2.24, 2.45) is 0 Å². The molecule has 0 heterocycles. The van der Waals surface area contributed by atoms with Gasteiger partial charge in [-0.25, -0.2) is 0 Å². The first-order chi connectivity index (χ1) is 27.7. The van der Waals surface area contributed by atoms with Crippen LogP contribution in [0.4, 0.5) is 0 Å². The average Bonchev–Trinajstić information content (AvgIpc) is 3.20. The molecule has 1 amide bonds. The summed E-state index contributed by atoms with van der Waals surface area (Å²) in [7, 11) is 0. The van der Waals surface area contributed by atoms with Gasteiger partial charge in [-0.15, -0.1) is 0 Å². The van der Waals surface area contributed by atoms with Crippen molar-refractivity contribution >= 4 is 5.91 Å². The van der Waals surface area contributed by atoms with Crippen molar-refractivity contribution in [3.05, 3.63) is 60.8 Å². The number of carbonyl (C=O) groups excluding carboxylic acids is 1. The Balaban J connectivity index is 3.56. The third kappa shape index (κ3) is 43.2. The number of aliphatic hydroxyl groups is 2. The Morgan fingerprint density at radius 3 is 1.18 bits per heavy atom. The van der Waals surface area contributed by atoms with Crippen LogP contribution in [0.25, 0.3) is 0 Å². The average molecular weight is 782 g/mol. The molecule has 56 heavy (non-hydrogen) atoms. The molecular weight excluding hydrogens is 687 g/mol. The summed E-state index contributed by atoms with van der Waals surface area (Å²) in [6.45, 7) is 4.21. The zero-order valence-corrected chi connectivity index (χ0v) is 37.4. The number of unbranched alkanes of at least 4 members (excludes halogenated alkanes) is 29. The third-order valence-corrected chi connectivity index (χ3v) is 11.0. The number of aliphatic hydroxyl groups excluding tert-OH is 2. The van der Waals surface area contributed by atoms with Crippen LogP contribution in [0.2, 0.25) is 0 Å². The van der Waals surface area contributed by atoms with Crippen molar-refractivity contribution in [2.75, 3.05) is 6.61 Å². The van der Waals surface area contributed by atoms with E-state index in [0.29, 0.717) is 6.42 Å². The minimum Gasteiger partial charge on any atom is -0.394 e. The fourth-order valence-corrected chi connectivity index (χ4v) is 7.29. The third-order valence-electron chi connectivity index (χ3n) is 11.0. The first kappa shape index (κ1) is 54.1. The molecule has 0 aromatic heterocycles. The number of nitrogens with one attached hydrogen (secondary N) is 1. The fraction of sp³-hybridized carbons (Fsp3) is 0.788. The van der Waals surface area contributed by atoms with Gasteiger partial charge >= 0.3 is 0 Å². The van der Waals surface area contributed by atoms with Crippen LogP contribution in [-0.4, -0.2) is 34.9 Å². The van der Waals surface area contributed by atoms with Gasteiger partial charge in [0.15, 0.2) is 0 Å². The zero-order chi connectivity index (χ0) is 40.7. The van der Waals surface area contributed by atoms with Crippen LogP contribution in [0.3, 0.4) is 0 Å². The highest BCUT2D eigenvalue weighted by Crippen LogP contribution is 2.16. The van der Waals surface area contributed by atoms with Gasteiger partial charge in [0, 0.05) is 6.42 Å². The second-order valence-corrected chi connectivity index (χ2v) is 16.5. The maximum Gasteiger partial charge on any atom is 0.220 e. The topological polar surface area (TPSA) is 69.6 Å². The molecule has 0 aromatic rings. The van der Waals surface area contributed by atoms with Gasteiger partial charge in [-0.1, -0.05) is 242 Å². The van der Waals surface area contributed by atoms with Crippen molar-refractivity contribution in [2.45, 2.75) is 257 Å². The van der Waals surface area contributed by atoms with Gasteiger partial charge in [0.25, 0.3) is 0 Å². The first-order valence-corrected chi connectivity index (χ1v) is 24.5. The van der Waals surface area contributed by atoms with Crippen LogP contribution in [0, 0.1) is 0 Å². The van der Waals surface area contributed by atoms with Gasteiger partial charge < -0.3 is 15.5 Å². The lowest BCUT2D eigenvalue weighted by Gasteiger charge is -2.20. The Morgan fingerprint density at radius 1 is 0.446 bits per heavy atom. The predicted molar refractivity (Wildman–Crippen MR) is 248 cm³/mol. The summed E-state index contributed by atoms with van der Waals surface area (Å²) in [5.74, 6) is -0.0725. The summed E-state index contributed by atoms with van der Waals surface area (Å²) in [4.78, 5) is 12.4. The van der Waals surface area contributed by atoms with Crippen LogP contribution < -0.4 is 5.32 Å². The number of amides is 1. The minimum absolute atomic E-state index is 0.0725. The van der Waals surface area contributed by atoms with Crippen LogP contribution in [0.5, 0.6) is 0 Å². The van der Waals surface area contributed by atoms with Crippen LogP contribution in [-0.2, 0) is 4.79 Å². The van der Waals surface area contributed by atoms with Crippen LogP contribution in [0.1, 0.15) is 245 Å². The first-order valence-electron chi connectivity index (χ1n) is 24.5. The summed E-state index contributed by atoms with van der Waals surface area (Å²) in [5, 5.41) is 23.1. The molecule has 0 aliphatic heterocycles. The molecule has 0 aliphatic rings. The summed E-state index contributed by atoms with van der Waals surface area (Å²) >= 11 is 0. The zero-order valence-electron chi connectivity index (χ0n) is 37.4. The lowest BCUT2D eigenvalue weighted by atomic mass is 10.0. The van der Waals surface area contributed by atoms with Gasteiger partial charge in [-0.05, 0) is 57.8 Å². The van der Waals surface area contributed by atoms with E-state index in [4.69, 9.17) is 0 Å². The molecule has 0 saturated heterocycles. The van der Waals surface area contributed by atoms with E-state index in [2.05, 4.69) is 67.8 Å². The van der Waals surface area contributed by atoms with E-state index < -0.39 is 12.1 Å². The fourth-order valence-electron chi connectivity index (χ4n) is 7.29. The molecule has 3 N–H and O–H groups in total. The van der Waals surface area contributed by atoms with E-state index >= 15 is 0 Å². The number of carbonyl (C=O) groups is 1. The quantitative estimate of drug-likeness (QED) is 0.0426. The smallest absolute Gasteiger partial charge is 0.220 e. The Kier molecular flexibility index (Phi) is 45.8. The molecule has 326 valence electrons. The van der Waals surface area contributed by atoms with Crippen molar-refractivity contribution < 1.29 is 15.0 Å². The van der Waals surface area contributed by atoms with Crippen molar-refractivity contribution in [3.63, 3.8) is 0 Å². The highest BCUT2D eigenvalue weighted by molar-refractivity contribution is 5.76. The molecule has 4 heteroatoms. The maximum atomic E-state index is 12.4. The number of allylic oxidation sites excluding steroid dienone is 9. The second-order valence-electron chi connectivity index (χ2n) is 16.5. The monoisotopic (exact) mass is 782 g/mol. The van der Waals surface area contributed by atoms with Gasteiger partial charge in [0.05, 0.1) is 18.8 Å². The summed E-state index contributed by atoms with van der Waals surface area (Å²) < 4.78 is 0. The van der Waals surface area contributed by atoms with Crippen molar-refractivity contribution in [1.82, 2.24) is 5.32 Å². The van der Waals surface area contributed by atoms with E-state index in [1.165, 1.54) is 173 Å². The van der Waals surface area contributed by atoms with Crippen molar-refractivity contribution in [1.29, 1.82) is 0 Å². The Morgan fingerprint density at radius 2 is 0.786 bits per heavy atom. The SMILES string of the molecule is CC/C=C\C/C=C\C/C=C\C/C=C\CCCCCCCCCCC(=O)NC(CO)C(O)/C=C/CCCCCCCCCCCCCCCCCCCCCCC. The number of rotatable bonds is 44. The lowest BCUT2D eigenvalue weighted by molar-refractivity contribution is -0.123. The number of hydrogen-bond acceptors (Lipinski definition) is 3.